The summed E-state index contributed by atoms with van der Waals surface area (Å²) in [5, 5.41) is 8.38. The Bertz CT molecular complexity index is 576. The van der Waals surface area contributed by atoms with E-state index in [0.717, 1.165) is 23.3 Å². The summed E-state index contributed by atoms with van der Waals surface area (Å²) in [6.07, 6.45) is 5.02. The molecule has 94 valence electrons. The summed E-state index contributed by atoms with van der Waals surface area (Å²) in [5.74, 6) is 1.58. The third kappa shape index (κ3) is 1.64. The van der Waals surface area contributed by atoms with E-state index in [1.54, 1.807) is 6.20 Å². The minimum Gasteiger partial charge on any atom is -0.349 e. The minimum atomic E-state index is -0.0724. The van der Waals surface area contributed by atoms with Gasteiger partial charge in [-0.2, -0.15) is 0 Å². The Morgan fingerprint density at radius 3 is 3.33 bits per heavy atom. The molecular formula is C12H14N4OS. The molecule has 4 rings (SSSR count). The molecule has 0 bridgehead atoms. The number of fused-ring (bicyclic) bond motifs is 2. The van der Waals surface area contributed by atoms with Gasteiger partial charge in [-0.25, -0.2) is 4.98 Å². The van der Waals surface area contributed by atoms with Crippen LogP contribution in [0.4, 0.5) is 0 Å². The standard InChI is InChI=1S/C12H14N4OS/c17-11(10-6-16-1-2-18-12(16)15-10)14-5-9-8-3-7(8)4-13-9/h1-2,6-9,13H,3-5H2,(H,14,17)/t7-,8-,9-/m1/s1. The fourth-order valence-electron chi connectivity index (χ4n) is 2.81. The number of hydrogen-bond acceptors (Lipinski definition) is 4. The van der Waals surface area contributed by atoms with E-state index in [0.29, 0.717) is 18.3 Å². The van der Waals surface area contributed by atoms with Crippen molar-refractivity contribution in [1.82, 2.24) is 20.0 Å². The highest BCUT2D eigenvalue weighted by Gasteiger charge is 2.47. The number of thiazole rings is 1. The zero-order valence-electron chi connectivity index (χ0n) is 9.80. The van der Waals surface area contributed by atoms with Crippen molar-refractivity contribution in [2.24, 2.45) is 11.8 Å². The lowest BCUT2D eigenvalue weighted by atomic mass is 10.2. The molecule has 3 heterocycles. The van der Waals surface area contributed by atoms with Crippen molar-refractivity contribution in [2.45, 2.75) is 12.5 Å². The summed E-state index contributed by atoms with van der Waals surface area (Å²) in [7, 11) is 0. The molecule has 2 fully saturated rings. The van der Waals surface area contributed by atoms with Crippen LogP contribution in [0.3, 0.4) is 0 Å². The Labute approximate surface area is 108 Å². The summed E-state index contributed by atoms with van der Waals surface area (Å²) >= 11 is 1.54. The number of aromatic nitrogens is 2. The van der Waals surface area contributed by atoms with Gasteiger partial charge in [0.2, 0.25) is 0 Å². The molecule has 0 unspecified atom stereocenters. The minimum absolute atomic E-state index is 0.0724. The van der Waals surface area contributed by atoms with E-state index < -0.39 is 0 Å². The largest absolute Gasteiger partial charge is 0.349 e. The fraction of sp³-hybridized carbons (Fsp3) is 0.500. The van der Waals surface area contributed by atoms with Crippen LogP contribution < -0.4 is 10.6 Å². The van der Waals surface area contributed by atoms with Gasteiger partial charge in [-0.05, 0) is 24.8 Å². The maximum absolute atomic E-state index is 12.0. The van der Waals surface area contributed by atoms with Crippen LogP contribution in [0.15, 0.2) is 17.8 Å². The van der Waals surface area contributed by atoms with Crippen molar-refractivity contribution in [2.75, 3.05) is 13.1 Å². The van der Waals surface area contributed by atoms with Gasteiger partial charge >= 0.3 is 0 Å². The van der Waals surface area contributed by atoms with Gasteiger partial charge in [0.05, 0.1) is 0 Å². The Morgan fingerprint density at radius 2 is 2.61 bits per heavy atom. The number of piperidine rings is 1. The Kier molecular flexibility index (Phi) is 2.22. The molecule has 2 aliphatic rings. The molecule has 1 amide bonds. The lowest BCUT2D eigenvalue weighted by Gasteiger charge is -2.13. The van der Waals surface area contributed by atoms with E-state index >= 15 is 0 Å². The van der Waals surface area contributed by atoms with E-state index in [9.17, 15) is 4.79 Å². The first-order valence-electron chi connectivity index (χ1n) is 6.25. The number of carbonyl (C=O) groups excluding carboxylic acids is 1. The van der Waals surface area contributed by atoms with Crippen molar-refractivity contribution in [3.63, 3.8) is 0 Å². The van der Waals surface area contributed by atoms with Crippen molar-refractivity contribution in [3.05, 3.63) is 23.5 Å². The molecule has 18 heavy (non-hydrogen) atoms. The van der Waals surface area contributed by atoms with E-state index in [1.165, 1.54) is 17.8 Å². The predicted octanol–water partition coefficient (Wildman–Crippen LogP) is 0.733. The predicted molar refractivity (Wildman–Crippen MR) is 68.8 cm³/mol. The molecule has 1 saturated heterocycles. The highest BCUT2D eigenvalue weighted by Crippen LogP contribution is 2.44. The van der Waals surface area contributed by atoms with E-state index in [-0.39, 0.29) is 5.91 Å². The Morgan fingerprint density at radius 1 is 1.67 bits per heavy atom. The summed E-state index contributed by atoms with van der Waals surface area (Å²) in [5.41, 5.74) is 0.507. The van der Waals surface area contributed by atoms with Crippen LogP contribution in [0, 0.1) is 11.8 Å². The second kappa shape index (κ2) is 3.80. The molecule has 1 saturated carbocycles. The molecule has 3 atom stereocenters. The van der Waals surface area contributed by atoms with E-state index in [2.05, 4.69) is 15.6 Å². The Hall–Kier alpha value is -1.40. The lowest BCUT2D eigenvalue weighted by Crippen LogP contribution is -2.39. The van der Waals surface area contributed by atoms with Crippen molar-refractivity contribution in [3.8, 4) is 0 Å². The normalized spacial score (nSPS) is 29.4. The molecule has 1 aliphatic carbocycles. The topological polar surface area (TPSA) is 58.4 Å². The average molecular weight is 262 g/mol. The Balaban J connectivity index is 1.42. The molecule has 2 aromatic heterocycles. The number of nitrogens with one attached hydrogen (secondary N) is 2. The SMILES string of the molecule is O=C(NC[C@H]1NC[C@H]2C[C@H]21)c1cn2ccsc2n1. The van der Waals surface area contributed by atoms with Gasteiger partial charge in [0.25, 0.3) is 5.91 Å². The van der Waals surface area contributed by atoms with Crippen molar-refractivity contribution < 1.29 is 4.79 Å². The van der Waals surface area contributed by atoms with Gasteiger partial charge in [-0.3, -0.25) is 9.20 Å². The van der Waals surface area contributed by atoms with Gasteiger partial charge in [0.1, 0.15) is 5.69 Å². The number of carbonyl (C=O) groups is 1. The summed E-state index contributed by atoms with van der Waals surface area (Å²) in [6.45, 7) is 1.83. The molecule has 6 heteroatoms. The molecule has 0 aromatic carbocycles. The summed E-state index contributed by atoms with van der Waals surface area (Å²) in [6, 6.07) is 0.461. The smallest absolute Gasteiger partial charge is 0.271 e. The van der Waals surface area contributed by atoms with Crippen LogP contribution in [-0.2, 0) is 0 Å². The maximum Gasteiger partial charge on any atom is 0.271 e. The average Bonchev–Trinajstić information content (AvgIpc) is 2.75. The number of amides is 1. The van der Waals surface area contributed by atoms with E-state index in [1.807, 2.05) is 16.0 Å². The maximum atomic E-state index is 12.0. The second-order valence-corrected chi connectivity index (χ2v) is 5.98. The molecule has 5 nitrogen and oxygen atoms in total. The van der Waals surface area contributed by atoms with Crippen molar-refractivity contribution >= 4 is 22.2 Å². The summed E-state index contributed by atoms with van der Waals surface area (Å²) < 4.78 is 1.88. The van der Waals surface area contributed by atoms with Gasteiger partial charge in [-0.1, -0.05) is 0 Å². The fourth-order valence-corrected chi connectivity index (χ4v) is 3.51. The zero-order chi connectivity index (χ0) is 12.1. The summed E-state index contributed by atoms with van der Waals surface area (Å²) in [4.78, 5) is 17.1. The second-order valence-electron chi connectivity index (χ2n) is 5.10. The lowest BCUT2D eigenvalue weighted by molar-refractivity contribution is 0.0945. The van der Waals surface area contributed by atoms with Gasteiger partial charge in [-0.15, -0.1) is 11.3 Å². The number of hydrogen-bond donors (Lipinski definition) is 2. The monoisotopic (exact) mass is 262 g/mol. The van der Waals surface area contributed by atoms with Crippen LogP contribution in [0.5, 0.6) is 0 Å². The molecule has 0 spiro atoms. The highest BCUT2D eigenvalue weighted by atomic mass is 32.1. The van der Waals surface area contributed by atoms with Crippen LogP contribution in [0.2, 0.25) is 0 Å². The van der Waals surface area contributed by atoms with E-state index in [4.69, 9.17) is 0 Å². The first-order chi connectivity index (χ1) is 8.81. The number of rotatable bonds is 3. The number of imidazole rings is 1. The van der Waals surface area contributed by atoms with Crippen LogP contribution in [0.1, 0.15) is 16.9 Å². The number of nitrogens with zero attached hydrogens (tertiary/aromatic N) is 2. The molecule has 0 radical (unpaired) electrons. The quantitative estimate of drug-likeness (QED) is 0.857. The van der Waals surface area contributed by atoms with Gasteiger partial charge in [0.15, 0.2) is 4.96 Å². The van der Waals surface area contributed by atoms with Crippen LogP contribution in [0.25, 0.3) is 4.96 Å². The zero-order valence-corrected chi connectivity index (χ0v) is 10.6. The first-order valence-corrected chi connectivity index (χ1v) is 7.13. The molecule has 1 aliphatic heterocycles. The third-order valence-corrected chi connectivity index (χ3v) is 4.72. The molecule has 2 N–H and O–H groups in total. The van der Waals surface area contributed by atoms with Crippen molar-refractivity contribution in [1.29, 1.82) is 0 Å². The van der Waals surface area contributed by atoms with Crippen LogP contribution in [-0.4, -0.2) is 34.4 Å². The van der Waals surface area contributed by atoms with Gasteiger partial charge in [0, 0.05) is 30.4 Å². The molecular weight excluding hydrogens is 248 g/mol. The van der Waals surface area contributed by atoms with Gasteiger partial charge < -0.3 is 10.6 Å². The van der Waals surface area contributed by atoms with Crippen LogP contribution >= 0.6 is 11.3 Å². The third-order valence-electron chi connectivity index (χ3n) is 3.94. The first kappa shape index (κ1) is 10.5. The molecule has 2 aromatic rings. The highest BCUT2D eigenvalue weighted by molar-refractivity contribution is 7.15.